The predicted octanol–water partition coefficient (Wildman–Crippen LogP) is 1.26. The molecule has 0 bridgehead atoms. The highest BCUT2D eigenvalue weighted by Crippen LogP contribution is 2.25. The first-order valence-corrected chi connectivity index (χ1v) is 8.36. The first kappa shape index (κ1) is 15.3. The van der Waals surface area contributed by atoms with Crippen molar-refractivity contribution >= 4 is 15.7 Å². The molecule has 6 heteroatoms. The fraction of sp³-hybridized carbons (Fsp3) is 0.571. The number of benzene rings is 1. The summed E-state index contributed by atoms with van der Waals surface area (Å²) < 4.78 is 27.3. The second kappa shape index (κ2) is 5.71. The molecule has 0 aromatic heterocycles. The summed E-state index contributed by atoms with van der Waals surface area (Å²) in [5.74, 6) is 0. The summed E-state index contributed by atoms with van der Waals surface area (Å²) in [6.45, 7) is 4.72. The van der Waals surface area contributed by atoms with Gasteiger partial charge in [-0.1, -0.05) is 0 Å². The Kier molecular flexibility index (Phi) is 4.36. The molecule has 1 aromatic rings. The van der Waals surface area contributed by atoms with Crippen LogP contribution in [0.1, 0.15) is 24.0 Å². The van der Waals surface area contributed by atoms with Gasteiger partial charge in [0.15, 0.2) is 0 Å². The van der Waals surface area contributed by atoms with Crippen LogP contribution in [-0.2, 0) is 10.0 Å². The number of hydrogen-bond acceptors (Lipinski definition) is 4. The topological polar surface area (TPSA) is 75.4 Å². The number of nitrogens with one attached hydrogen (secondary N) is 1. The van der Waals surface area contributed by atoms with Crippen molar-refractivity contribution in [1.29, 1.82) is 0 Å². The van der Waals surface area contributed by atoms with E-state index in [2.05, 4.69) is 9.62 Å². The molecule has 1 saturated carbocycles. The van der Waals surface area contributed by atoms with Crippen LogP contribution in [0.15, 0.2) is 17.0 Å². The van der Waals surface area contributed by atoms with E-state index in [1.807, 2.05) is 14.0 Å². The van der Waals surface area contributed by atoms with Crippen molar-refractivity contribution in [2.75, 3.05) is 25.9 Å². The van der Waals surface area contributed by atoms with Crippen molar-refractivity contribution in [1.82, 2.24) is 9.62 Å². The zero-order valence-electron chi connectivity index (χ0n) is 12.3. The van der Waals surface area contributed by atoms with Crippen LogP contribution in [0.2, 0.25) is 0 Å². The van der Waals surface area contributed by atoms with Gasteiger partial charge >= 0.3 is 0 Å². The Balaban J connectivity index is 2.06. The zero-order chi connectivity index (χ0) is 14.9. The van der Waals surface area contributed by atoms with Crippen molar-refractivity contribution in [2.24, 2.45) is 0 Å². The second-order valence-electron chi connectivity index (χ2n) is 5.59. The number of anilines is 1. The van der Waals surface area contributed by atoms with Crippen molar-refractivity contribution < 1.29 is 8.42 Å². The largest absolute Gasteiger partial charge is 0.398 e. The Morgan fingerprint density at radius 2 is 2.00 bits per heavy atom. The van der Waals surface area contributed by atoms with E-state index in [1.165, 1.54) is 12.8 Å². The van der Waals surface area contributed by atoms with Gasteiger partial charge in [0.1, 0.15) is 0 Å². The number of nitrogens with two attached hydrogens (primary N) is 1. The number of rotatable bonds is 6. The minimum atomic E-state index is -3.49. The molecule has 0 spiro atoms. The Bertz CT molecular complexity index is 595. The monoisotopic (exact) mass is 297 g/mol. The Hall–Kier alpha value is -1.11. The molecule has 1 fully saturated rings. The molecule has 0 heterocycles. The molecular weight excluding hydrogens is 274 g/mol. The lowest BCUT2D eigenvalue weighted by Gasteiger charge is -2.17. The maximum absolute atomic E-state index is 12.3. The van der Waals surface area contributed by atoms with E-state index in [0.29, 0.717) is 23.8 Å². The van der Waals surface area contributed by atoms with Crippen molar-refractivity contribution in [3.8, 4) is 0 Å². The van der Waals surface area contributed by atoms with Crippen LogP contribution in [0.25, 0.3) is 0 Å². The molecular formula is C14H23N3O2S. The fourth-order valence-corrected chi connectivity index (χ4v) is 3.64. The van der Waals surface area contributed by atoms with Crippen LogP contribution in [-0.4, -0.2) is 39.5 Å². The van der Waals surface area contributed by atoms with Crippen LogP contribution < -0.4 is 10.5 Å². The van der Waals surface area contributed by atoms with Gasteiger partial charge in [0.05, 0.1) is 4.90 Å². The molecule has 1 aliphatic carbocycles. The van der Waals surface area contributed by atoms with E-state index >= 15 is 0 Å². The lowest BCUT2D eigenvalue weighted by Crippen LogP contribution is -2.34. The molecule has 1 aromatic carbocycles. The molecule has 0 unspecified atom stereocenters. The Labute approximate surface area is 121 Å². The average Bonchev–Trinajstić information content (AvgIpc) is 3.17. The molecule has 5 nitrogen and oxygen atoms in total. The molecule has 112 valence electrons. The third-order valence-corrected chi connectivity index (χ3v) is 5.35. The van der Waals surface area contributed by atoms with Crippen LogP contribution in [0.4, 0.5) is 5.69 Å². The van der Waals surface area contributed by atoms with Crippen molar-refractivity contribution in [3.63, 3.8) is 0 Å². The van der Waals surface area contributed by atoms with Gasteiger partial charge in [-0.3, -0.25) is 0 Å². The lowest BCUT2D eigenvalue weighted by atomic mass is 10.1. The van der Waals surface area contributed by atoms with Gasteiger partial charge in [0.2, 0.25) is 10.0 Å². The normalized spacial score (nSPS) is 15.8. The summed E-state index contributed by atoms with van der Waals surface area (Å²) >= 11 is 0. The standard InChI is InChI=1S/C14H23N3O2S/c1-10-8-13(15)11(2)14(9-10)20(18,19)16-6-7-17(3)12-4-5-12/h8-9,12,16H,4-7,15H2,1-3H3. The zero-order valence-corrected chi connectivity index (χ0v) is 13.1. The van der Waals surface area contributed by atoms with Gasteiger partial charge in [-0.15, -0.1) is 0 Å². The number of nitrogens with zero attached hydrogens (tertiary/aromatic N) is 1. The molecule has 0 aliphatic heterocycles. The minimum Gasteiger partial charge on any atom is -0.398 e. The smallest absolute Gasteiger partial charge is 0.240 e. The average molecular weight is 297 g/mol. The maximum atomic E-state index is 12.3. The third-order valence-electron chi connectivity index (χ3n) is 3.76. The molecule has 0 atom stereocenters. The summed E-state index contributed by atoms with van der Waals surface area (Å²) in [5, 5.41) is 0. The predicted molar refractivity (Wildman–Crippen MR) is 81.2 cm³/mol. The second-order valence-corrected chi connectivity index (χ2v) is 7.32. The summed E-state index contributed by atoms with van der Waals surface area (Å²) in [6.07, 6.45) is 2.44. The number of sulfonamides is 1. The molecule has 1 aliphatic rings. The van der Waals surface area contributed by atoms with E-state index in [-0.39, 0.29) is 4.90 Å². The molecule has 0 amide bonds. The highest BCUT2D eigenvalue weighted by atomic mass is 32.2. The molecule has 2 rings (SSSR count). The van der Waals surface area contributed by atoms with Crippen molar-refractivity contribution in [3.05, 3.63) is 23.3 Å². The number of likely N-dealkylation sites (N-methyl/N-ethyl adjacent to an activating group) is 1. The molecule has 3 N–H and O–H groups in total. The highest BCUT2D eigenvalue weighted by Gasteiger charge is 2.26. The van der Waals surface area contributed by atoms with E-state index in [9.17, 15) is 8.42 Å². The summed E-state index contributed by atoms with van der Waals surface area (Å²) in [4.78, 5) is 2.48. The van der Waals surface area contributed by atoms with Gasteiger partial charge in [-0.05, 0) is 57.0 Å². The van der Waals surface area contributed by atoms with Crippen molar-refractivity contribution in [2.45, 2.75) is 37.6 Å². The van der Waals surface area contributed by atoms with Crippen LogP contribution >= 0.6 is 0 Å². The van der Waals surface area contributed by atoms with Gasteiger partial charge in [0, 0.05) is 24.8 Å². The first-order chi connectivity index (χ1) is 9.31. The molecule has 0 radical (unpaired) electrons. The van der Waals surface area contributed by atoms with Crippen LogP contribution in [0.5, 0.6) is 0 Å². The van der Waals surface area contributed by atoms with Gasteiger partial charge < -0.3 is 10.6 Å². The van der Waals surface area contributed by atoms with Crippen LogP contribution in [0, 0.1) is 13.8 Å². The molecule has 0 saturated heterocycles. The summed E-state index contributed by atoms with van der Waals surface area (Å²) in [7, 11) is -1.46. The lowest BCUT2D eigenvalue weighted by molar-refractivity contribution is 0.329. The third kappa shape index (κ3) is 3.50. The Morgan fingerprint density at radius 1 is 1.35 bits per heavy atom. The summed E-state index contributed by atoms with van der Waals surface area (Å²) in [6, 6.07) is 4.09. The number of nitrogen functional groups attached to an aromatic ring is 1. The number of aryl methyl sites for hydroxylation is 1. The SMILES string of the molecule is Cc1cc(N)c(C)c(S(=O)(=O)NCCN(C)C2CC2)c1. The van der Waals surface area contributed by atoms with E-state index in [0.717, 1.165) is 12.1 Å². The number of hydrogen-bond donors (Lipinski definition) is 2. The van der Waals surface area contributed by atoms with Gasteiger partial charge in [-0.2, -0.15) is 0 Å². The quantitative estimate of drug-likeness (QED) is 0.775. The van der Waals surface area contributed by atoms with Gasteiger partial charge in [0.25, 0.3) is 0 Å². The fourth-order valence-electron chi connectivity index (χ4n) is 2.26. The first-order valence-electron chi connectivity index (χ1n) is 6.88. The minimum absolute atomic E-state index is 0.282. The van der Waals surface area contributed by atoms with Gasteiger partial charge in [-0.25, -0.2) is 13.1 Å². The maximum Gasteiger partial charge on any atom is 0.240 e. The molecule has 20 heavy (non-hydrogen) atoms. The summed E-state index contributed by atoms with van der Waals surface area (Å²) in [5.41, 5.74) is 7.82. The van der Waals surface area contributed by atoms with E-state index < -0.39 is 10.0 Å². The van der Waals surface area contributed by atoms with E-state index in [1.54, 1.807) is 19.1 Å². The van der Waals surface area contributed by atoms with E-state index in [4.69, 9.17) is 5.73 Å². The Morgan fingerprint density at radius 3 is 2.60 bits per heavy atom. The van der Waals surface area contributed by atoms with Crippen LogP contribution in [0.3, 0.4) is 0 Å². The highest BCUT2D eigenvalue weighted by molar-refractivity contribution is 7.89.